The second kappa shape index (κ2) is 7.38. The highest BCUT2D eigenvalue weighted by Crippen LogP contribution is 2.26. The lowest BCUT2D eigenvalue weighted by atomic mass is 10.2. The van der Waals surface area contributed by atoms with E-state index in [-0.39, 0.29) is 16.4 Å². The predicted molar refractivity (Wildman–Crippen MR) is 99.7 cm³/mol. The molecule has 0 radical (unpaired) electrons. The van der Waals surface area contributed by atoms with E-state index in [2.05, 4.69) is 5.32 Å². The van der Waals surface area contributed by atoms with Crippen LogP contribution in [0.15, 0.2) is 59.5 Å². The number of benzene rings is 2. The zero-order chi connectivity index (χ0) is 18.8. The number of hydrogen-bond donors (Lipinski definition) is 1. The molecule has 1 fully saturated rings. The fourth-order valence-electron chi connectivity index (χ4n) is 3.09. The SMILES string of the molecule is COc1ccc(CN[C@H]2CS(=O)(=O)C[C@@H]2S(=O)(=O)c2ccccc2)cc1. The molecule has 140 valence electrons. The number of sulfone groups is 2. The molecule has 0 amide bonds. The Morgan fingerprint density at radius 2 is 1.69 bits per heavy atom. The minimum Gasteiger partial charge on any atom is -0.497 e. The van der Waals surface area contributed by atoms with Crippen molar-refractivity contribution in [3.8, 4) is 5.75 Å². The molecule has 0 unspecified atom stereocenters. The number of methoxy groups -OCH3 is 1. The average Bonchev–Trinajstić information content (AvgIpc) is 2.96. The van der Waals surface area contributed by atoms with Crippen molar-refractivity contribution in [2.75, 3.05) is 18.6 Å². The van der Waals surface area contributed by atoms with Crippen molar-refractivity contribution in [1.82, 2.24) is 5.32 Å². The molecule has 0 bridgehead atoms. The molecular weight excluding hydrogens is 374 g/mol. The molecule has 0 saturated carbocycles. The van der Waals surface area contributed by atoms with Gasteiger partial charge in [0.15, 0.2) is 19.7 Å². The Hall–Kier alpha value is -1.90. The Balaban J connectivity index is 1.80. The van der Waals surface area contributed by atoms with Crippen LogP contribution in [0.5, 0.6) is 5.75 Å². The summed E-state index contributed by atoms with van der Waals surface area (Å²) < 4.78 is 55.1. The van der Waals surface area contributed by atoms with Crippen molar-refractivity contribution < 1.29 is 21.6 Å². The highest BCUT2D eigenvalue weighted by molar-refractivity contribution is 7.96. The molecular formula is C18H21NO5S2. The van der Waals surface area contributed by atoms with E-state index in [0.29, 0.717) is 6.54 Å². The molecule has 1 saturated heterocycles. The molecule has 2 atom stereocenters. The molecule has 1 aliphatic heterocycles. The van der Waals surface area contributed by atoms with Crippen LogP contribution in [0, 0.1) is 0 Å². The Kier molecular flexibility index (Phi) is 5.36. The van der Waals surface area contributed by atoms with Crippen LogP contribution >= 0.6 is 0 Å². The number of rotatable bonds is 6. The lowest BCUT2D eigenvalue weighted by Gasteiger charge is -2.20. The van der Waals surface area contributed by atoms with Crippen molar-refractivity contribution in [3.63, 3.8) is 0 Å². The fourth-order valence-corrected chi connectivity index (χ4v) is 7.83. The first kappa shape index (κ1) is 18.9. The Labute approximate surface area is 154 Å². The smallest absolute Gasteiger partial charge is 0.183 e. The first-order valence-corrected chi connectivity index (χ1v) is 11.5. The van der Waals surface area contributed by atoms with Gasteiger partial charge in [-0.1, -0.05) is 30.3 Å². The summed E-state index contributed by atoms with van der Waals surface area (Å²) in [5.41, 5.74) is 0.922. The summed E-state index contributed by atoms with van der Waals surface area (Å²) in [5, 5.41) is 2.13. The number of nitrogens with one attached hydrogen (secondary N) is 1. The molecule has 2 aromatic carbocycles. The Morgan fingerprint density at radius 1 is 1.04 bits per heavy atom. The van der Waals surface area contributed by atoms with Gasteiger partial charge in [-0.25, -0.2) is 16.8 Å². The van der Waals surface area contributed by atoms with E-state index in [1.165, 1.54) is 12.1 Å². The molecule has 2 aromatic rings. The standard InChI is InChI=1S/C18H21NO5S2/c1-24-15-9-7-14(8-10-15)11-19-17-12-25(20,21)13-18(17)26(22,23)16-5-3-2-4-6-16/h2-10,17-19H,11-13H2,1H3/t17-,18-/m0/s1. The van der Waals surface area contributed by atoms with Crippen molar-refractivity contribution in [3.05, 3.63) is 60.2 Å². The Bertz CT molecular complexity index is 954. The third-order valence-electron chi connectivity index (χ3n) is 4.50. The van der Waals surface area contributed by atoms with E-state index in [4.69, 9.17) is 4.74 Å². The minimum atomic E-state index is -3.74. The molecule has 8 heteroatoms. The highest BCUT2D eigenvalue weighted by Gasteiger charge is 2.45. The highest BCUT2D eigenvalue weighted by atomic mass is 32.2. The maximum absolute atomic E-state index is 12.9. The molecule has 1 aliphatic rings. The third-order valence-corrected chi connectivity index (χ3v) is 8.66. The third kappa shape index (κ3) is 4.08. The zero-order valence-corrected chi connectivity index (χ0v) is 16.0. The molecule has 3 rings (SSSR count). The molecule has 0 spiro atoms. The van der Waals surface area contributed by atoms with E-state index in [9.17, 15) is 16.8 Å². The maximum Gasteiger partial charge on any atom is 0.183 e. The molecule has 6 nitrogen and oxygen atoms in total. The van der Waals surface area contributed by atoms with Crippen LogP contribution < -0.4 is 10.1 Å². The van der Waals surface area contributed by atoms with E-state index in [0.717, 1.165) is 11.3 Å². The maximum atomic E-state index is 12.9. The quantitative estimate of drug-likeness (QED) is 0.796. The average molecular weight is 396 g/mol. The predicted octanol–water partition coefficient (Wildman–Crippen LogP) is 1.42. The van der Waals surface area contributed by atoms with Gasteiger partial charge in [-0.2, -0.15) is 0 Å². The van der Waals surface area contributed by atoms with Crippen molar-refractivity contribution in [1.29, 1.82) is 0 Å². The van der Waals surface area contributed by atoms with Crippen LogP contribution in [0.2, 0.25) is 0 Å². The van der Waals surface area contributed by atoms with Gasteiger partial charge in [-0.05, 0) is 29.8 Å². The molecule has 1 heterocycles. The molecule has 0 aromatic heterocycles. The first-order valence-electron chi connectivity index (χ1n) is 8.17. The van der Waals surface area contributed by atoms with Gasteiger partial charge in [-0.15, -0.1) is 0 Å². The van der Waals surface area contributed by atoms with E-state index in [1.807, 2.05) is 12.1 Å². The number of ether oxygens (including phenoxy) is 1. The summed E-state index contributed by atoms with van der Waals surface area (Å²) in [6.45, 7) is 0.380. The molecule has 0 aliphatic carbocycles. The van der Waals surface area contributed by atoms with Gasteiger partial charge < -0.3 is 10.1 Å². The summed E-state index contributed by atoms with van der Waals surface area (Å²) in [5.74, 6) is 0.187. The van der Waals surface area contributed by atoms with Crippen molar-refractivity contribution >= 4 is 19.7 Å². The second-order valence-corrected chi connectivity index (χ2v) is 10.6. The molecule has 26 heavy (non-hydrogen) atoms. The van der Waals surface area contributed by atoms with Crippen LogP contribution in [0.3, 0.4) is 0 Å². The monoisotopic (exact) mass is 395 g/mol. The first-order chi connectivity index (χ1) is 12.3. The van der Waals surface area contributed by atoms with Gasteiger partial charge in [0.2, 0.25) is 0 Å². The Morgan fingerprint density at radius 3 is 2.31 bits per heavy atom. The van der Waals surface area contributed by atoms with Crippen LogP contribution in [0.25, 0.3) is 0 Å². The lowest BCUT2D eigenvalue weighted by Crippen LogP contribution is -2.43. The normalized spacial score (nSPS) is 22.2. The van der Waals surface area contributed by atoms with Crippen molar-refractivity contribution in [2.45, 2.75) is 22.7 Å². The van der Waals surface area contributed by atoms with Crippen LogP contribution in [0.1, 0.15) is 5.56 Å². The van der Waals surface area contributed by atoms with Gasteiger partial charge in [0.05, 0.1) is 28.8 Å². The summed E-state index contributed by atoms with van der Waals surface area (Å²) in [6, 6.07) is 14.7. The van der Waals surface area contributed by atoms with E-state index < -0.39 is 31.0 Å². The number of hydrogen-bond acceptors (Lipinski definition) is 6. The van der Waals surface area contributed by atoms with Crippen molar-refractivity contribution in [2.24, 2.45) is 0 Å². The summed E-state index contributed by atoms with van der Waals surface area (Å²) in [6.07, 6.45) is 0. The van der Waals surface area contributed by atoms with Gasteiger partial charge in [0, 0.05) is 12.6 Å². The summed E-state index contributed by atoms with van der Waals surface area (Å²) in [4.78, 5) is 0.151. The molecule has 1 N–H and O–H groups in total. The largest absolute Gasteiger partial charge is 0.497 e. The lowest BCUT2D eigenvalue weighted by molar-refractivity contribution is 0.414. The zero-order valence-electron chi connectivity index (χ0n) is 14.3. The van der Waals surface area contributed by atoms with Crippen LogP contribution in [-0.4, -0.2) is 46.7 Å². The second-order valence-electron chi connectivity index (χ2n) is 6.31. The van der Waals surface area contributed by atoms with Gasteiger partial charge in [-0.3, -0.25) is 0 Å². The summed E-state index contributed by atoms with van der Waals surface area (Å²) in [7, 11) is -5.57. The van der Waals surface area contributed by atoms with E-state index in [1.54, 1.807) is 37.4 Å². The van der Waals surface area contributed by atoms with Crippen LogP contribution in [-0.2, 0) is 26.2 Å². The summed E-state index contributed by atoms with van der Waals surface area (Å²) >= 11 is 0. The van der Waals surface area contributed by atoms with Gasteiger partial charge in [0.1, 0.15) is 5.75 Å². The topological polar surface area (TPSA) is 89.5 Å². The van der Waals surface area contributed by atoms with E-state index >= 15 is 0 Å². The van der Waals surface area contributed by atoms with Crippen LogP contribution in [0.4, 0.5) is 0 Å². The fraction of sp³-hybridized carbons (Fsp3) is 0.333. The van der Waals surface area contributed by atoms with Gasteiger partial charge >= 0.3 is 0 Å². The van der Waals surface area contributed by atoms with Gasteiger partial charge in [0.25, 0.3) is 0 Å². The minimum absolute atomic E-state index is 0.151.